The maximum absolute atomic E-state index is 13.6. The first kappa shape index (κ1) is 14.8. The molecule has 3 aromatic rings. The summed E-state index contributed by atoms with van der Waals surface area (Å²) in [5.41, 5.74) is 3.29. The highest BCUT2D eigenvalue weighted by Gasteiger charge is 2.26. The Bertz CT molecular complexity index is 947. The van der Waals surface area contributed by atoms with Crippen molar-refractivity contribution in [1.29, 1.82) is 0 Å². The lowest BCUT2D eigenvalue weighted by Crippen LogP contribution is -2.12. The van der Waals surface area contributed by atoms with Crippen LogP contribution in [-0.4, -0.2) is 16.8 Å². The first-order valence-electron chi connectivity index (χ1n) is 7.47. The molecule has 1 aliphatic heterocycles. The number of phenols is 1. The van der Waals surface area contributed by atoms with E-state index in [1.54, 1.807) is 0 Å². The molecule has 0 fully saturated rings. The minimum Gasteiger partial charge on any atom is -0.507 e. The first-order chi connectivity index (χ1) is 11.6. The predicted octanol–water partition coefficient (Wildman–Crippen LogP) is 5.11. The maximum atomic E-state index is 13.6. The van der Waals surface area contributed by atoms with Crippen LogP contribution in [0.2, 0.25) is 0 Å². The SMILES string of the molecule is OC1=C(c2ccccc2)CNc2scc(-c3cc(F)ccc3O)c21. The molecule has 5 heteroatoms. The second-order valence-corrected chi connectivity index (χ2v) is 6.44. The van der Waals surface area contributed by atoms with Crippen LogP contribution in [0.15, 0.2) is 53.9 Å². The number of rotatable bonds is 2. The fraction of sp³-hybridized carbons (Fsp3) is 0.0526. The normalized spacial score (nSPS) is 13.5. The summed E-state index contributed by atoms with van der Waals surface area (Å²) < 4.78 is 13.6. The Kier molecular flexibility index (Phi) is 3.50. The molecule has 0 aliphatic carbocycles. The van der Waals surface area contributed by atoms with Crippen molar-refractivity contribution in [3.63, 3.8) is 0 Å². The van der Waals surface area contributed by atoms with E-state index in [9.17, 15) is 14.6 Å². The summed E-state index contributed by atoms with van der Waals surface area (Å²) in [6.07, 6.45) is 0. The number of benzene rings is 2. The number of fused-ring (bicyclic) bond motifs is 1. The smallest absolute Gasteiger partial charge is 0.131 e. The van der Waals surface area contributed by atoms with Gasteiger partial charge in [-0.2, -0.15) is 0 Å². The van der Waals surface area contributed by atoms with Crippen LogP contribution < -0.4 is 5.32 Å². The van der Waals surface area contributed by atoms with Crippen molar-refractivity contribution in [3.8, 4) is 16.9 Å². The Morgan fingerprint density at radius 2 is 1.79 bits per heavy atom. The number of aliphatic hydroxyl groups excluding tert-OH is 1. The highest BCUT2D eigenvalue weighted by atomic mass is 32.1. The highest BCUT2D eigenvalue weighted by molar-refractivity contribution is 7.15. The third-order valence-corrected chi connectivity index (χ3v) is 5.05. The summed E-state index contributed by atoms with van der Waals surface area (Å²) in [5, 5.41) is 26.9. The number of hydrogen-bond acceptors (Lipinski definition) is 4. The molecule has 0 atom stereocenters. The molecule has 0 saturated carbocycles. The van der Waals surface area contributed by atoms with E-state index in [0.717, 1.165) is 16.1 Å². The average molecular weight is 339 g/mol. The van der Waals surface area contributed by atoms with Crippen molar-refractivity contribution >= 4 is 27.7 Å². The molecule has 0 bridgehead atoms. The van der Waals surface area contributed by atoms with Gasteiger partial charge in [-0.3, -0.25) is 0 Å². The molecule has 4 rings (SSSR count). The molecule has 0 radical (unpaired) electrons. The Morgan fingerprint density at radius 1 is 1.00 bits per heavy atom. The summed E-state index contributed by atoms with van der Waals surface area (Å²) in [5.74, 6) is -0.287. The molecule has 1 aliphatic rings. The number of phenolic OH excluding ortho intramolecular Hbond substituents is 1. The Labute approximate surface area is 142 Å². The average Bonchev–Trinajstić information content (AvgIpc) is 3.03. The van der Waals surface area contributed by atoms with Crippen molar-refractivity contribution in [2.75, 3.05) is 11.9 Å². The molecule has 3 N–H and O–H groups in total. The van der Waals surface area contributed by atoms with Crippen LogP contribution in [-0.2, 0) is 0 Å². The van der Waals surface area contributed by atoms with E-state index in [1.165, 1.54) is 29.5 Å². The van der Waals surface area contributed by atoms with Crippen LogP contribution in [0, 0.1) is 5.82 Å². The fourth-order valence-corrected chi connectivity index (χ4v) is 3.89. The van der Waals surface area contributed by atoms with Gasteiger partial charge in [0.2, 0.25) is 0 Å². The van der Waals surface area contributed by atoms with Gasteiger partial charge in [-0.25, -0.2) is 4.39 Å². The van der Waals surface area contributed by atoms with E-state index in [1.807, 2.05) is 35.7 Å². The van der Waals surface area contributed by atoms with Gasteiger partial charge in [0.1, 0.15) is 22.3 Å². The van der Waals surface area contributed by atoms with Crippen molar-refractivity contribution in [3.05, 3.63) is 70.9 Å². The third-order valence-electron chi connectivity index (χ3n) is 4.11. The van der Waals surface area contributed by atoms with Crippen LogP contribution >= 0.6 is 11.3 Å². The number of nitrogens with one attached hydrogen (secondary N) is 1. The van der Waals surface area contributed by atoms with Gasteiger partial charge in [-0.15, -0.1) is 11.3 Å². The van der Waals surface area contributed by atoms with E-state index in [2.05, 4.69) is 5.32 Å². The molecule has 0 saturated heterocycles. The van der Waals surface area contributed by atoms with E-state index in [4.69, 9.17) is 0 Å². The molecule has 0 spiro atoms. The van der Waals surface area contributed by atoms with Crippen LogP contribution in [0.25, 0.3) is 22.5 Å². The van der Waals surface area contributed by atoms with Crippen LogP contribution in [0.1, 0.15) is 11.1 Å². The molecule has 3 nitrogen and oxygen atoms in total. The van der Waals surface area contributed by atoms with Gasteiger partial charge < -0.3 is 15.5 Å². The van der Waals surface area contributed by atoms with E-state index in [0.29, 0.717) is 23.2 Å². The van der Waals surface area contributed by atoms with Gasteiger partial charge in [-0.1, -0.05) is 30.3 Å². The number of aromatic hydroxyl groups is 1. The molecule has 2 aromatic carbocycles. The van der Waals surface area contributed by atoms with E-state index < -0.39 is 5.82 Å². The van der Waals surface area contributed by atoms with Gasteiger partial charge >= 0.3 is 0 Å². The minimum absolute atomic E-state index is 0.0170. The number of hydrogen-bond donors (Lipinski definition) is 3. The summed E-state index contributed by atoms with van der Waals surface area (Å²) in [4.78, 5) is 0. The molecule has 0 unspecified atom stereocenters. The summed E-state index contributed by atoms with van der Waals surface area (Å²) in [6, 6.07) is 13.4. The molecule has 2 heterocycles. The van der Waals surface area contributed by atoms with Gasteiger partial charge in [-0.05, 0) is 23.8 Å². The summed E-state index contributed by atoms with van der Waals surface area (Å²) in [7, 11) is 0. The van der Waals surface area contributed by atoms with Gasteiger partial charge in [0.25, 0.3) is 0 Å². The number of aliphatic hydroxyl groups is 1. The lowest BCUT2D eigenvalue weighted by molar-refractivity contribution is 0.475. The Hall–Kier alpha value is -2.79. The van der Waals surface area contributed by atoms with Gasteiger partial charge in [0.15, 0.2) is 0 Å². The standard InChI is InChI=1S/C19H14FNO2S/c20-12-6-7-16(22)13(8-12)15-10-24-19-17(15)18(23)14(9-21-19)11-4-2-1-3-5-11/h1-8,10,21-23H,9H2. The highest BCUT2D eigenvalue weighted by Crippen LogP contribution is 2.46. The third kappa shape index (κ3) is 2.34. The molecule has 0 amide bonds. The lowest BCUT2D eigenvalue weighted by Gasteiger charge is -2.20. The zero-order valence-electron chi connectivity index (χ0n) is 12.6. The largest absolute Gasteiger partial charge is 0.507 e. The Balaban J connectivity index is 1.91. The topological polar surface area (TPSA) is 52.5 Å². The second kappa shape index (κ2) is 5.69. The summed E-state index contributed by atoms with van der Waals surface area (Å²) >= 11 is 1.42. The first-order valence-corrected chi connectivity index (χ1v) is 8.35. The zero-order chi connectivity index (χ0) is 16.7. The number of anilines is 1. The monoisotopic (exact) mass is 339 g/mol. The Morgan fingerprint density at radius 3 is 2.58 bits per heavy atom. The molecule has 1 aromatic heterocycles. The molecular weight excluding hydrogens is 325 g/mol. The van der Waals surface area contributed by atoms with Crippen molar-refractivity contribution < 1.29 is 14.6 Å². The quantitative estimate of drug-likeness (QED) is 0.608. The lowest BCUT2D eigenvalue weighted by atomic mass is 9.94. The molecule has 120 valence electrons. The van der Waals surface area contributed by atoms with Gasteiger partial charge in [0, 0.05) is 28.6 Å². The van der Waals surface area contributed by atoms with Crippen molar-refractivity contribution in [1.82, 2.24) is 0 Å². The second-order valence-electron chi connectivity index (χ2n) is 5.56. The van der Waals surface area contributed by atoms with Gasteiger partial charge in [0.05, 0.1) is 5.56 Å². The van der Waals surface area contributed by atoms with E-state index >= 15 is 0 Å². The summed E-state index contributed by atoms with van der Waals surface area (Å²) in [6.45, 7) is 0.512. The zero-order valence-corrected chi connectivity index (χ0v) is 13.4. The number of thiophene rings is 1. The van der Waals surface area contributed by atoms with Crippen molar-refractivity contribution in [2.45, 2.75) is 0 Å². The van der Waals surface area contributed by atoms with Crippen LogP contribution in [0.3, 0.4) is 0 Å². The van der Waals surface area contributed by atoms with Crippen molar-refractivity contribution in [2.24, 2.45) is 0 Å². The number of halogens is 1. The minimum atomic E-state index is -0.432. The molecule has 24 heavy (non-hydrogen) atoms. The van der Waals surface area contributed by atoms with E-state index in [-0.39, 0.29) is 11.5 Å². The maximum Gasteiger partial charge on any atom is 0.131 e. The van der Waals surface area contributed by atoms with Crippen LogP contribution in [0.5, 0.6) is 5.75 Å². The fourth-order valence-electron chi connectivity index (χ4n) is 2.93. The van der Waals surface area contributed by atoms with Crippen LogP contribution in [0.4, 0.5) is 9.39 Å². The molecular formula is C19H14FNO2S. The predicted molar refractivity (Wildman–Crippen MR) is 95.8 cm³/mol.